The van der Waals surface area contributed by atoms with Crippen LogP contribution < -0.4 is 10.1 Å². The Kier molecular flexibility index (Phi) is 4.23. The molecular weight excluding hydrogens is 297 g/mol. The van der Waals surface area contributed by atoms with Crippen molar-refractivity contribution in [2.45, 2.75) is 31.2 Å². The summed E-state index contributed by atoms with van der Waals surface area (Å²) in [7, 11) is 1.53. The maximum Gasteiger partial charge on any atom is 0.231 e. The van der Waals surface area contributed by atoms with E-state index in [4.69, 9.17) is 4.74 Å². The molecule has 0 saturated heterocycles. The molecule has 1 aliphatic rings. The van der Waals surface area contributed by atoms with Gasteiger partial charge in [-0.2, -0.15) is 4.98 Å². The Labute approximate surface area is 133 Å². The lowest BCUT2D eigenvalue weighted by atomic mass is 9.64. The Balaban J connectivity index is 1.72. The van der Waals surface area contributed by atoms with Crippen molar-refractivity contribution in [3.63, 3.8) is 0 Å². The number of aromatic nitrogens is 2. The number of carbonyl (C=O) groups excluding carboxylic acids is 1. The zero-order valence-corrected chi connectivity index (χ0v) is 12.9. The zero-order valence-electron chi connectivity index (χ0n) is 12.9. The molecule has 1 aromatic carbocycles. The van der Waals surface area contributed by atoms with Gasteiger partial charge in [0, 0.05) is 12.3 Å². The van der Waals surface area contributed by atoms with Crippen molar-refractivity contribution in [1.29, 1.82) is 0 Å². The molecule has 0 radical (unpaired) electrons. The Hall–Kier alpha value is -2.50. The fraction of sp³-hybridized carbons (Fsp3) is 0.353. The first kappa shape index (κ1) is 15.4. The van der Waals surface area contributed by atoms with Crippen LogP contribution in [0.1, 0.15) is 30.7 Å². The highest BCUT2D eigenvalue weighted by atomic mass is 19.1. The summed E-state index contributed by atoms with van der Waals surface area (Å²) in [6.07, 6.45) is 4.11. The predicted octanol–water partition coefficient (Wildman–Crippen LogP) is 2.36. The van der Waals surface area contributed by atoms with E-state index in [-0.39, 0.29) is 18.3 Å². The molecule has 1 aliphatic carbocycles. The zero-order chi connectivity index (χ0) is 16.3. The molecule has 0 unspecified atom stereocenters. The van der Waals surface area contributed by atoms with Crippen molar-refractivity contribution < 1.29 is 13.9 Å². The Bertz CT molecular complexity index is 699. The first-order valence-electron chi connectivity index (χ1n) is 7.54. The van der Waals surface area contributed by atoms with Crippen LogP contribution in [0.3, 0.4) is 0 Å². The second-order valence-corrected chi connectivity index (χ2v) is 5.64. The molecule has 1 N–H and O–H groups in total. The van der Waals surface area contributed by atoms with Crippen LogP contribution in [-0.2, 0) is 16.8 Å². The normalized spacial score (nSPS) is 15.6. The van der Waals surface area contributed by atoms with E-state index in [1.54, 1.807) is 24.4 Å². The third-order valence-corrected chi connectivity index (χ3v) is 4.33. The van der Waals surface area contributed by atoms with Gasteiger partial charge in [0.1, 0.15) is 5.82 Å². The van der Waals surface area contributed by atoms with Gasteiger partial charge in [0.05, 0.1) is 19.1 Å². The number of nitrogens with zero attached hydrogens (tertiary/aromatic N) is 2. The highest BCUT2D eigenvalue weighted by Crippen LogP contribution is 2.44. The summed E-state index contributed by atoms with van der Waals surface area (Å²) < 4.78 is 18.2. The molecule has 1 fully saturated rings. The smallest absolute Gasteiger partial charge is 0.231 e. The molecule has 5 nitrogen and oxygen atoms in total. The number of rotatable bonds is 5. The predicted molar refractivity (Wildman–Crippen MR) is 82.4 cm³/mol. The number of carbonyl (C=O) groups is 1. The van der Waals surface area contributed by atoms with Gasteiger partial charge in [-0.05, 0) is 30.5 Å². The number of benzene rings is 1. The number of nitrogens with one attached hydrogen (secondary N) is 1. The standard InChI is InChI=1S/C17H18FN3O2/c1-23-15-7-10-19-14(21-15)11-20-16(22)17(8-2-9-17)12-3-5-13(18)6-4-12/h3-7,10H,2,8-9,11H2,1H3,(H,20,22). The first-order valence-corrected chi connectivity index (χ1v) is 7.54. The molecule has 1 heterocycles. The van der Waals surface area contributed by atoms with E-state index >= 15 is 0 Å². The van der Waals surface area contributed by atoms with Gasteiger partial charge < -0.3 is 10.1 Å². The van der Waals surface area contributed by atoms with Crippen LogP contribution in [0.25, 0.3) is 0 Å². The maximum atomic E-state index is 13.1. The molecule has 1 aromatic heterocycles. The van der Waals surface area contributed by atoms with Crippen LogP contribution in [-0.4, -0.2) is 23.0 Å². The van der Waals surface area contributed by atoms with Gasteiger partial charge >= 0.3 is 0 Å². The van der Waals surface area contributed by atoms with Gasteiger partial charge in [0.2, 0.25) is 11.8 Å². The van der Waals surface area contributed by atoms with Gasteiger partial charge in [-0.1, -0.05) is 18.6 Å². The van der Waals surface area contributed by atoms with Crippen molar-refractivity contribution in [2.24, 2.45) is 0 Å². The maximum absolute atomic E-state index is 13.1. The molecule has 0 spiro atoms. The van der Waals surface area contributed by atoms with Gasteiger partial charge in [0.25, 0.3) is 0 Å². The molecule has 0 aliphatic heterocycles. The lowest BCUT2D eigenvalue weighted by Gasteiger charge is -2.40. The molecule has 1 amide bonds. The minimum absolute atomic E-state index is 0.0678. The monoisotopic (exact) mass is 315 g/mol. The summed E-state index contributed by atoms with van der Waals surface area (Å²) >= 11 is 0. The van der Waals surface area contributed by atoms with Gasteiger partial charge in [-0.25, -0.2) is 9.37 Å². The molecule has 2 aromatic rings. The quantitative estimate of drug-likeness (QED) is 0.920. The molecule has 3 rings (SSSR count). The van der Waals surface area contributed by atoms with Crippen LogP contribution in [0.15, 0.2) is 36.5 Å². The fourth-order valence-corrected chi connectivity index (χ4v) is 2.85. The highest BCUT2D eigenvalue weighted by Gasteiger charge is 2.45. The number of halogens is 1. The molecule has 23 heavy (non-hydrogen) atoms. The van der Waals surface area contributed by atoms with E-state index in [1.807, 2.05) is 0 Å². The van der Waals surface area contributed by atoms with Gasteiger partial charge in [-0.15, -0.1) is 0 Å². The first-order chi connectivity index (χ1) is 11.1. The average Bonchev–Trinajstić information content (AvgIpc) is 2.54. The number of methoxy groups -OCH3 is 1. The van der Waals surface area contributed by atoms with E-state index in [1.165, 1.54) is 19.2 Å². The molecular formula is C17H18FN3O2. The van der Waals surface area contributed by atoms with Crippen LogP contribution in [0, 0.1) is 5.82 Å². The molecule has 0 atom stereocenters. The van der Waals surface area contributed by atoms with Crippen LogP contribution in [0.5, 0.6) is 5.88 Å². The number of hydrogen-bond donors (Lipinski definition) is 1. The van der Waals surface area contributed by atoms with Crippen molar-refractivity contribution in [3.8, 4) is 5.88 Å². The third kappa shape index (κ3) is 3.02. The number of ether oxygens (including phenoxy) is 1. The molecule has 0 bridgehead atoms. The summed E-state index contributed by atoms with van der Waals surface area (Å²) in [4.78, 5) is 21.0. The van der Waals surface area contributed by atoms with E-state index in [0.717, 1.165) is 24.8 Å². The van der Waals surface area contributed by atoms with Gasteiger partial charge in [0.15, 0.2) is 5.82 Å². The van der Waals surface area contributed by atoms with E-state index in [0.29, 0.717) is 11.7 Å². The van der Waals surface area contributed by atoms with Gasteiger partial charge in [-0.3, -0.25) is 4.79 Å². The lowest BCUT2D eigenvalue weighted by molar-refractivity contribution is -0.130. The second-order valence-electron chi connectivity index (χ2n) is 5.64. The minimum Gasteiger partial charge on any atom is -0.481 e. The van der Waals surface area contributed by atoms with Crippen LogP contribution >= 0.6 is 0 Å². The van der Waals surface area contributed by atoms with Crippen molar-refractivity contribution in [1.82, 2.24) is 15.3 Å². The largest absolute Gasteiger partial charge is 0.481 e. The van der Waals surface area contributed by atoms with E-state index in [2.05, 4.69) is 15.3 Å². The molecule has 1 saturated carbocycles. The van der Waals surface area contributed by atoms with Crippen molar-refractivity contribution >= 4 is 5.91 Å². The second kappa shape index (κ2) is 6.32. The third-order valence-electron chi connectivity index (χ3n) is 4.33. The number of hydrogen-bond acceptors (Lipinski definition) is 4. The highest BCUT2D eigenvalue weighted by molar-refractivity contribution is 5.89. The Morgan fingerprint density at radius 1 is 1.30 bits per heavy atom. The van der Waals surface area contributed by atoms with Crippen molar-refractivity contribution in [3.05, 3.63) is 53.7 Å². The summed E-state index contributed by atoms with van der Waals surface area (Å²) in [5.74, 6) is 0.586. The molecule has 120 valence electrons. The minimum atomic E-state index is -0.563. The number of amides is 1. The Morgan fingerprint density at radius 2 is 2.04 bits per heavy atom. The topological polar surface area (TPSA) is 64.1 Å². The molecule has 6 heteroatoms. The van der Waals surface area contributed by atoms with E-state index in [9.17, 15) is 9.18 Å². The summed E-state index contributed by atoms with van der Waals surface area (Å²) in [6, 6.07) is 7.82. The fourth-order valence-electron chi connectivity index (χ4n) is 2.85. The van der Waals surface area contributed by atoms with Crippen LogP contribution in [0.2, 0.25) is 0 Å². The summed E-state index contributed by atoms with van der Waals surface area (Å²) in [5.41, 5.74) is 0.293. The summed E-state index contributed by atoms with van der Waals surface area (Å²) in [5, 5.41) is 2.89. The van der Waals surface area contributed by atoms with Crippen molar-refractivity contribution in [2.75, 3.05) is 7.11 Å². The summed E-state index contributed by atoms with van der Waals surface area (Å²) in [6.45, 7) is 0.235. The van der Waals surface area contributed by atoms with E-state index < -0.39 is 5.41 Å². The average molecular weight is 315 g/mol. The van der Waals surface area contributed by atoms with Crippen LogP contribution in [0.4, 0.5) is 4.39 Å². The SMILES string of the molecule is COc1ccnc(CNC(=O)C2(c3ccc(F)cc3)CCC2)n1. The Morgan fingerprint density at radius 3 is 2.65 bits per heavy atom. The lowest BCUT2D eigenvalue weighted by Crippen LogP contribution is -2.49.